The highest BCUT2D eigenvalue weighted by Crippen LogP contribution is 2.36. The molecule has 6 nitrogen and oxygen atoms in total. The minimum Gasteiger partial charge on any atom is -0.493 e. The lowest BCUT2D eigenvalue weighted by molar-refractivity contribution is 0.342. The smallest absolute Gasteiger partial charge is 0.176 e. The number of halogens is 1. The number of furan rings is 1. The zero-order chi connectivity index (χ0) is 21.1. The van der Waals surface area contributed by atoms with Crippen LogP contribution < -0.4 is 14.8 Å². The average Bonchev–Trinajstić information content (AvgIpc) is 3.33. The number of thiophene rings is 1. The summed E-state index contributed by atoms with van der Waals surface area (Å²) in [4.78, 5) is 9.77. The minimum atomic E-state index is 0.622. The zero-order valence-electron chi connectivity index (χ0n) is 17.0. The van der Waals surface area contributed by atoms with Crippen molar-refractivity contribution in [3.63, 3.8) is 0 Å². The van der Waals surface area contributed by atoms with Crippen molar-refractivity contribution >= 4 is 39.7 Å². The maximum atomic E-state index is 6.25. The van der Waals surface area contributed by atoms with Gasteiger partial charge in [-0.05, 0) is 26.3 Å². The summed E-state index contributed by atoms with van der Waals surface area (Å²) in [5.74, 6) is 3.13. The van der Waals surface area contributed by atoms with E-state index >= 15 is 0 Å². The van der Waals surface area contributed by atoms with E-state index in [1.807, 2.05) is 37.4 Å². The minimum absolute atomic E-state index is 0.622. The Morgan fingerprint density at radius 3 is 2.87 bits per heavy atom. The van der Waals surface area contributed by atoms with Crippen molar-refractivity contribution in [1.82, 2.24) is 9.97 Å². The molecule has 1 N–H and O–H groups in total. The molecule has 0 spiro atoms. The molecule has 0 fully saturated rings. The van der Waals surface area contributed by atoms with Gasteiger partial charge in [-0.15, -0.1) is 11.3 Å². The van der Waals surface area contributed by atoms with E-state index in [0.29, 0.717) is 23.9 Å². The molecule has 0 atom stereocenters. The van der Waals surface area contributed by atoms with Crippen LogP contribution in [0.2, 0.25) is 5.02 Å². The van der Waals surface area contributed by atoms with Crippen molar-refractivity contribution in [2.24, 2.45) is 0 Å². The van der Waals surface area contributed by atoms with E-state index in [0.717, 1.165) is 50.9 Å². The zero-order valence-corrected chi connectivity index (χ0v) is 18.6. The number of rotatable bonds is 8. The van der Waals surface area contributed by atoms with Crippen molar-refractivity contribution in [3.05, 3.63) is 52.3 Å². The lowest BCUT2D eigenvalue weighted by Crippen LogP contribution is -2.07. The summed E-state index contributed by atoms with van der Waals surface area (Å²) in [6, 6.07) is 7.62. The van der Waals surface area contributed by atoms with Crippen LogP contribution in [-0.2, 0) is 6.42 Å². The number of fused-ring (bicyclic) bond motifs is 1. The SMILES string of the molecule is CCOc1csc(-c2cc(NCCc3c(C)oc4c(OC)cc(Cl)cc34)ncn2)c1. The Morgan fingerprint density at radius 2 is 2.07 bits per heavy atom. The number of nitrogens with one attached hydrogen (secondary N) is 1. The van der Waals surface area contributed by atoms with Gasteiger partial charge in [-0.3, -0.25) is 0 Å². The van der Waals surface area contributed by atoms with Gasteiger partial charge in [0.1, 0.15) is 23.7 Å². The van der Waals surface area contributed by atoms with Gasteiger partial charge in [0.2, 0.25) is 0 Å². The van der Waals surface area contributed by atoms with Gasteiger partial charge in [0.25, 0.3) is 0 Å². The van der Waals surface area contributed by atoms with E-state index in [-0.39, 0.29) is 0 Å². The molecule has 3 heterocycles. The Bertz CT molecular complexity index is 1170. The molecule has 0 saturated heterocycles. The van der Waals surface area contributed by atoms with Gasteiger partial charge in [-0.25, -0.2) is 9.97 Å². The molecule has 156 valence electrons. The fraction of sp³-hybridized carbons (Fsp3) is 0.273. The second-order valence-electron chi connectivity index (χ2n) is 6.67. The van der Waals surface area contributed by atoms with Crippen LogP contribution in [0.3, 0.4) is 0 Å². The van der Waals surface area contributed by atoms with Crippen LogP contribution in [0.25, 0.3) is 21.5 Å². The lowest BCUT2D eigenvalue weighted by atomic mass is 10.1. The van der Waals surface area contributed by atoms with Gasteiger partial charge in [0.05, 0.1) is 24.3 Å². The highest BCUT2D eigenvalue weighted by atomic mass is 35.5. The van der Waals surface area contributed by atoms with Crippen molar-refractivity contribution < 1.29 is 13.9 Å². The quantitative estimate of drug-likeness (QED) is 0.361. The molecule has 4 aromatic rings. The lowest BCUT2D eigenvalue weighted by Gasteiger charge is -2.07. The summed E-state index contributed by atoms with van der Waals surface area (Å²) in [6.07, 6.45) is 2.33. The van der Waals surface area contributed by atoms with E-state index in [2.05, 4.69) is 15.3 Å². The summed E-state index contributed by atoms with van der Waals surface area (Å²) in [7, 11) is 1.61. The highest BCUT2D eigenvalue weighted by molar-refractivity contribution is 7.13. The molecule has 0 aliphatic heterocycles. The van der Waals surface area contributed by atoms with E-state index < -0.39 is 0 Å². The number of ether oxygens (including phenoxy) is 2. The van der Waals surface area contributed by atoms with Crippen molar-refractivity contribution in [2.45, 2.75) is 20.3 Å². The molecule has 0 radical (unpaired) electrons. The Hall–Kier alpha value is -2.77. The Kier molecular flexibility index (Phi) is 6.11. The van der Waals surface area contributed by atoms with Crippen LogP contribution in [0.4, 0.5) is 5.82 Å². The first-order chi connectivity index (χ1) is 14.6. The second-order valence-corrected chi connectivity index (χ2v) is 8.01. The first-order valence-electron chi connectivity index (χ1n) is 9.62. The van der Waals surface area contributed by atoms with Crippen LogP contribution in [0.15, 0.2) is 40.4 Å². The first-order valence-corrected chi connectivity index (χ1v) is 10.9. The van der Waals surface area contributed by atoms with Crippen LogP contribution in [0.5, 0.6) is 11.5 Å². The molecule has 0 aliphatic rings. The monoisotopic (exact) mass is 443 g/mol. The second kappa shape index (κ2) is 8.93. The fourth-order valence-corrected chi connectivity index (χ4v) is 4.37. The third-order valence-corrected chi connectivity index (χ3v) is 5.88. The highest BCUT2D eigenvalue weighted by Gasteiger charge is 2.16. The fourth-order valence-electron chi connectivity index (χ4n) is 3.36. The maximum Gasteiger partial charge on any atom is 0.176 e. The first kappa shape index (κ1) is 20.5. The Balaban J connectivity index is 1.48. The summed E-state index contributed by atoms with van der Waals surface area (Å²) < 4.78 is 16.9. The summed E-state index contributed by atoms with van der Waals surface area (Å²) in [6.45, 7) is 5.26. The van der Waals surface area contributed by atoms with Gasteiger partial charge in [-0.2, -0.15) is 0 Å². The van der Waals surface area contributed by atoms with E-state index in [4.69, 9.17) is 25.5 Å². The van der Waals surface area contributed by atoms with Gasteiger partial charge in [-0.1, -0.05) is 11.6 Å². The van der Waals surface area contributed by atoms with Crippen molar-refractivity contribution in [3.8, 4) is 22.1 Å². The number of aromatic nitrogens is 2. The molecule has 8 heteroatoms. The van der Waals surface area contributed by atoms with E-state index in [1.54, 1.807) is 30.8 Å². The molecule has 0 aliphatic carbocycles. The van der Waals surface area contributed by atoms with Crippen molar-refractivity contribution in [1.29, 1.82) is 0 Å². The van der Waals surface area contributed by atoms with Gasteiger partial charge >= 0.3 is 0 Å². The average molecular weight is 444 g/mol. The molecule has 0 bridgehead atoms. The number of hydrogen-bond donors (Lipinski definition) is 1. The number of benzene rings is 1. The predicted molar refractivity (Wildman–Crippen MR) is 121 cm³/mol. The summed E-state index contributed by atoms with van der Waals surface area (Å²) >= 11 is 7.85. The molecule has 1 aromatic carbocycles. The largest absolute Gasteiger partial charge is 0.493 e. The number of anilines is 1. The molecule has 4 rings (SSSR count). The van der Waals surface area contributed by atoms with Crippen LogP contribution in [0.1, 0.15) is 18.2 Å². The summed E-state index contributed by atoms with van der Waals surface area (Å²) in [5, 5.41) is 6.96. The van der Waals surface area contributed by atoms with Crippen molar-refractivity contribution in [2.75, 3.05) is 25.6 Å². The van der Waals surface area contributed by atoms with E-state index in [1.165, 1.54) is 0 Å². The Labute approximate surface area is 183 Å². The van der Waals surface area contributed by atoms with Gasteiger partial charge < -0.3 is 19.2 Å². The molecular weight excluding hydrogens is 422 g/mol. The van der Waals surface area contributed by atoms with Crippen LogP contribution >= 0.6 is 22.9 Å². The molecule has 0 amide bonds. The number of nitrogens with zero attached hydrogens (tertiary/aromatic N) is 2. The Morgan fingerprint density at radius 1 is 1.20 bits per heavy atom. The topological polar surface area (TPSA) is 69.4 Å². The number of aryl methyl sites for hydroxylation is 1. The molecule has 30 heavy (non-hydrogen) atoms. The van der Waals surface area contributed by atoms with Crippen LogP contribution in [-0.4, -0.2) is 30.2 Å². The molecule has 3 aromatic heterocycles. The van der Waals surface area contributed by atoms with E-state index in [9.17, 15) is 0 Å². The standard InChI is InChI=1S/C22H22ClN3O3S/c1-4-28-15-9-20(30-11-15)18-10-21(26-12-25-18)24-6-5-16-13(2)29-22-17(16)7-14(23)8-19(22)27-3/h7-12H,4-6H2,1-3H3,(H,24,25,26). The predicted octanol–water partition coefficient (Wildman–Crippen LogP) is 5.98. The molecule has 0 saturated carbocycles. The molecular formula is C22H22ClN3O3S. The summed E-state index contributed by atoms with van der Waals surface area (Å²) in [5.41, 5.74) is 2.69. The third kappa shape index (κ3) is 4.22. The van der Waals surface area contributed by atoms with Crippen LogP contribution in [0, 0.1) is 6.92 Å². The third-order valence-electron chi connectivity index (χ3n) is 4.73. The van der Waals surface area contributed by atoms with Gasteiger partial charge in [0.15, 0.2) is 11.3 Å². The van der Waals surface area contributed by atoms with Gasteiger partial charge in [0, 0.05) is 46.1 Å². The number of hydrogen-bond acceptors (Lipinski definition) is 7. The maximum absolute atomic E-state index is 6.25. The molecule has 0 unspecified atom stereocenters. The number of methoxy groups -OCH3 is 1. The normalized spacial score (nSPS) is 11.1.